The largest absolute Gasteiger partial charge is 0.337 e. The molecule has 0 N–H and O–H groups in total. The summed E-state index contributed by atoms with van der Waals surface area (Å²) in [6.45, 7) is 4.49. The lowest BCUT2D eigenvalue weighted by molar-refractivity contribution is 0.0676. The lowest BCUT2D eigenvalue weighted by Crippen LogP contribution is -2.39. The first-order valence-electron chi connectivity index (χ1n) is 10.3. The molecule has 4 rings (SSSR count). The van der Waals surface area contributed by atoms with Crippen LogP contribution in [0.25, 0.3) is 0 Å². The summed E-state index contributed by atoms with van der Waals surface area (Å²) in [6.07, 6.45) is 5.04. The van der Waals surface area contributed by atoms with Crippen LogP contribution in [0.2, 0.25) is 0 Å². The molecule has 148 valence electrons. The van der Waals surface area contributed by atoms with E-state index in [9.17, 15) is 9.59 Å². The van der Waals surface area contributed by atoms with E-state index in [2.05, 4.69) is 11.9 Å². The number of piperidine rings is 1. The van der Waals surface area contributed by atoms with Crippen LogP contribution >= 0.6 is 0 Å². The molecule has 1 atom stereocenters. The molecule has 0 aliphatic carbocycles. The van der Waals surface area contributed by atoms with Crippen molar-refractivity contribution in [2.24, 2.45) is 5.92 Å². The van der Waals surface area contributed by atoms with Crippen LogP contribution in [0.1, 0.15) is 59.4 Å². The Kier molecular flexibility index (Phi) is 5.20. The molecule has 2 aliphatic rings. The predicted molar refractivity (Wildman–Crippen MR) is 109 cm³/mol. The Morgan fingerprint density at radius 1 is 1.11 bits per heavy atom. The minimum absolute atomic E-state index is 0.0152. The monoisotopic (exact) mass is 380 g/mol. The molecule has 0 bridgehead atoms. The van der Waals surface area contributed by atoms with Crippen LogP contribution in [0, 0.1) is 5.92 Å². The average molecular weight is 380 g/mol. The Labute approximate surface area is 166 Å². The highest BCUT2D eigenvalue weighted by molar-refractivity contribution is 6.05. The van der Waals surface area contributed by atoms with Gasteiger partial charge in [-0.15, -0.1) is 0 Å². The number of aromatic nitrogens is 2. The van der Waals surface area contributed by atoms with Gasteiger partial charge < -0.3 is 14.4 Å². The van der Waals surface area contributed by atoms with Gasteiger partial charge in [-0.25, -0.2) is 4.98 Å². The molecule has 2 amide bonds. The number of benzene rings is 1. The van der Waals surface area contributed by atoms with Gasteiger partial charge in [-0.3, -0.25) is 9.59 Å². The van der Waals surface area contributed by atoms with Crippen molar-refractivity contribution in [2.45, 2.75) is 45.6 Å². The number of imidazole rings is 1. The Hall–Kier alpha value is -2.63. The van der Waals surface area contributed by atoms with E-state index in [1.54, 1.807) is 11.9 Å². The van der Waals surface area contributed by atoms with Crippen LogP contribution in [-0.4, -0.2) is 46.4 Å². The summed E-state index contributed by atoms with van der Waals surface area (Å²) < 4.78 is 1.98. The first-order chi connectivity index (χ1) is 13.6. The smallest absolute Gasteiger partial charge is 0.294 e. The number of fused-ring (bicyclic) bond motifs is 1. The molecule has 6 heteroatoms. The van der Waals surface area contributed by atoms with Crippen LogP contribution in [0.3, 0.4) is 0 Å². The number of nitrogens with zero attached hydrogens (tertiary/aromatic N) is 4. The van der Waals surface area contributed by atoms with Crippen molar-refractivity contribution in [1.82, 2.24) is 14.5 Å². The van der Waals surface area contributed by atoms with Crippen molar-refractivity contribution in [3.8, 4) is 0 Å². The summed E-state index contributed by atoms with van der Waals surface area (Å²) in [5.41, 5.74) is 2.23. The van der Waals surface area contributed by atoms with Gasteiger partial charge in [-0.1, -0.05) is 25.1 Å². The molecule has 0 spiro atoms. The molecule has 28 heavy (non-hydrogen) atoms. The van der Waals surface area contributed by atoms with Crippen molar-refractivity contribution in [3.63, 3.8) is 0 Å². The molecule has 1 saturated heterocycles. The third kappa shape index (κ3) is 3.43. The molecule has 6 nitrogen and oxygen atoms in total. The number of carbonyl (C=O) groups is 2. The van der Waals surface area contributed by atoms with Crippen LogP contribution in [0.5, 0.6) is 0 Å². The number of carbonyl (C=O) groups excluding carboxylic acids is 2. The maximum absolute atomic E-state index is 13.2. The minimum atomic E-state index is -0.166. The van der Waals surface area contributed by atoms with E-state index in [0.29, 0.717) is 17.4 Å². The second-order valence-electron chi connectivity index (χ2n) is 8.04. The van der Waals surface area contributed by atoms with Gasteiger partial charge in [0.1, 0.15) is 5.69 Å². The molecule has 2 aromatic rings. The highest BCUT2D eigenvalue weighted by Crippen LogP contribution is 2.26. The Morgan fingerprint density at radius 3 is 2.64 bits per heavy atom. The van der Waals surface area contributed by atoms with E-state index in [0.717, 1.165) is 63.1 Å². The molecule has 1 unspecified atom stereocenters. The van der Waals surface area contributed by atoms with E-state index in [1.807, 2.05) is 39.8 Å². The molecular weight excluding hydrogens is 352 g/mol. The summed E-state index contributed by atoms with van der Waals surface area (Å²) in [5, 5.41) is 0. The average Bonchev–Trinajstić information content (AvgIpc) is 3.12. The molecular formula is C22H28N4O2. The zero-order valence-corrected chi connectivity index (χ0v) is 16.7. The maximum atomic E-state index is 13.2. The Bertz CT molecular complexity index is 874. The lowest BCUT2D eigenvalue weighted by Gasteiger charge is -2.30. The van der Waals surface area contributed by atoms with Gasteiger partial charge >= 0.3 is 0 Å². The summed E-state index contributed by atoms with van der Waals surface area (Å²) in [6, 6.07) is 9.55. The second kappa shape index (κ2) is 7.78. The Balaban J connectivity index is 1.67. The van der Waals surface area contributed by atoms with Crippen molar-refractivity contribution in [3.05, 3.63) is 47.5 Å². The van der Waals surface area contributed by atoms with Gasteiger partial charge in [-0.05, 0) is 50.2 Å². The fraction of sp³-hybridized carbons (Fsp3) is 0.500. The van der Waals surface area contributed by atoms with E-state index >= 15 is 0 Å². The number of para-hydroxylation sites is 1. The van der Waals surface area contributed by atoms with Crippen LogP contribution in [0.15, 0.2) is 30.3 Å². The van der Waals surface area contributed by atoms with Gasteiger partial charge in [0.25, 0.3) is 11.8 Å². The van der Waals surface area contributed by atoms with Crippen molar-refractivity contribution in [2.75, 3.05) is 25.0 Å². The topological polar surface area (TPSA) is 58.4 Å². The van der Waals surface area contributed by atoms with Crippen molar-refractivity contribution >= 4 is 17.5 Å². The van der Waals surface area contributed by atoms with Gasteiger partial charge in [-0.2, -0.15) is 0 Å². The number of likely N-dealkylation sites (tertiary alicyclic amines) is 1. The van der Waals surface area contributed by atoms with Crippen molar-refractivity contribution in [1.29, 1.82) is 0 Å². The van der Waals surface area contributed by atoms with Crippen LogP contribution in [0.4, 0.5) is 5.69 Å². The van der Waals surface area contributed by atoms with Gasteiger partial charge in [0.15, 0.2) is 0 Å². The van der Waals surface area contributed by atoms with E-state index in [1.165, 1.54) is 0 Å². The molecule has 2 aliphatic heterocycles. The standard InChI is InChI=1S/C22H28N4O2/c1-16-9-8-13-25(15-16)21(27)19-18-12-6-7-14-26(18)20(23-19)22(28)24(2)17-10-4-3-5-11-17/h3-5,10-11,16H,6-9,12-15H2,1-2H3. The number of hydrogen-bond donors (Lipinski definition) is 0. The fourth-order valence-corrected chi connectivity index (χ4v) is 4.32. The molecule has 3 heterocycles. The first kappa shape index (κ1) is 18.7. The predicted octanol–water partition coefficient (Wildman–Crippen LogP) is 3.37. The molecule has 1 aromatic carbocycles. The second-order valence-corrected chi connectivity index (χ2v) is 8.04. The molecule has 0 saturated carbocycles. The Morgan fingerprint density at radius 2 is 1.89 bits per heavy atom. The summed E-state index contributed by atoms with van der Waals surface area (Å²) in [7, 11) is 1.76. The summed E-state index contributed by atoms with van der Waals surface area (Å²) >= 11 is 0. The van der Waals surface area contributed by atoms with Crippen LogP contribution in [-0.2, 0) is 13.0 Å². The van der Waals surface area contributed by atoms with Gasteiger partial charge in [0.05, 0.1) is 5.69 Å². The maximum Gasteiger partial charge on any atom is 0.294 e. The number of amides is 2. The van der Waals surface area contributed by atoms with Gasteiger partial charge in [0.2, 0.25) is 5.82 Å². The zero-order valence-electron chi connectivity index (χ0n) is 16.7. The number of rotatable bonds is 3. The normalized spacial score (nSPS) is 19.2. The third-order valence-corrected chi connectivity index (χ3v) is 5.90. The number of anilines is 1. The SMILES string of the molecule is CC1CCCN(C(=O)c2nc(C(=O)N(C)c3ccccc3)n3c2CCCC3)C1. The summed E-state index contributed by atoms with van der Waals surface area (Å²) in [5.74, 6) is 0.718. The third-order valence-electron chi connectivity index (χ3n) is 5.90. The quantitative estimate of drug-likeness (QED) is 0.820. The van der Waals surface area contributed by atoms with E-state index < -0.39 is 0 Å². The summed E-state index contributed by atoms with van der Waals surface area (Å²) in [4.78, 5) is 34.6. The minimum Gasteiger partial charge on any atom is -0.337 e. The van der Waals surface area contributed by atoms with Gasteiger partial charge in [0, 0.05) is 32.4 Å². The first-order valence-corrected chi connectivity index (χ1v) is 10.3. The lowest BCUT2D eigenvalue weighted by atomic mass is 9.99. The fourth-order valence-electron chi connectivity index (χ4n) is 4.32. The number of hydrogen-bond acceptors (Lipinski definition) is 3. The molecule has 0 radical (unpaired) electrons. The van der Waals surface area contributed by atoms with Crippen LogP contribution < -0.4 is 4.90 Å². The van der Waals surface area contributed by atoms with Crippen molar-refractivity contribution < 1.29 is 9.59 Å². The zero-order chi connectivity index (χ0) is 19.7. The van der Waals surface area contributed by atoms with E-state index in [-0.39, 0.29) is 11.8 Å². The highest BCUT2D eigenvalue weighted by Gasteiger charge is 2.32. The van der Waals surface area contributed by atoms with E-state index in [4.69, 9.17) is 0 Å². The highest BCUT2D eigenvalue weighted by atomic mass is 16.2. The molecule has 1 fully saturated rings. The molecule has 1 aromatic heterocycles.